The van der Waals surface area contributed by atoms with Gasteiger partial charge in [0.25, 0.3) is 0 Å². The van der Waals surface area contributed by atoms with E-state index in [4.69, 9.17) is 0 Å². The van der Waals surface area contributed by atoms with Crippen LogP contribution in [0.3, 0.4) is 0 Å². The Balaban J connectivity index is 2.53. The number of rotatable bonds is 5. The van der Waals surface area contributed by atoms with E-state index in [2.05, 4.69) is 52.0 Å². The van der Waals surface area contributed by atoms with Crippen LogP contribution in [0.15, 0.2) is 0 Å². The van der Waals surface area contributed by atoms with Crippen LogP contribution in [-0.2, 0) is 0 Å². The Morgan fingerprint density at radius 1 is 1.24 bits per heavy atom. The van der Waals surface area contributed by atoms with Gasteiger partial charge in [-0.05, 0) is 50.6 Å². The monoisotopic (exact) mass is 240 g/mol. The minimum absolute atomic E-state index is 0.711. The minimum Gasteiger partial charge on any atom is -0.317 e. The van der Waals surface area contributed by atoms with Crippen molar-refractivity contribution >= 4 is 0 Å². The zero-order valence-corrected chi connectivity index (χ0v) is 12.7. The lowest BCUT2D eigenvalue weighted by Gasteiger charge is -2.41. The molecule has 1 saturated carbocycles. The van der Waals surface area contributed by atoms with Gasteiger partial charge in [-0.15, -0.1) is 0 Å². The highest BCUT2D eigenvalue weighted by Gasteiger charge is 2.33. The normalized spacial score (nSPS) is 34.6. The van der Waals surface area contributed by atoms with Crippen molar-refractivity contribution in [1.82, 2.24) is 10.2 Å². The molecule has 1 rings (SSSR count). The zero-order valence-electron chi connectivity index (χ0n) is 12.7. The van der Waals surface area contributed by atoms with Crippen molar-refractivity contribution in [3.63, 3.8) is 0 Å². The number of nitrogens with one attached hydrogen (secondary N) is 1. The van der Waals surface area contributed by atoms with Crippen LogP contribution in [0.1, 0.15) is 40.5 Å². The summed E-state index contributed by atoms with van der Waals surface area (Å²) in [5, 5.41) is 3.55. The van der Waals surface area contributed by atoms with Gasteiger partial charge >= 0.3 is 0 Å². The van der Waals surface area contributed by atoms with Gasteiger partial charge in [-0.2, -0.15) is 0 Å². The van der Waals surface area contributed by atoms with E-state index in [1.807, 2.05) is 0 Å². The predicted molar refractivity (Wildman–Crippen MR) is 76.2 cm³/mol. The number of hydrogen-bond donors (Lipinski definition) is 1. The van der Waals surface area contributed by atoms with Gasteiger partial charge in [-0.1, -0.05) is 27.7 Å². The van der Waals surface area contributed by atoms with E-state index in [1.54, 1.807) is 0 Å². The van der Waals surface area contributed by atoms with Crippen LogP contribution in [0.25, 0.3) is 0 Å². The van der Waals surface area contributed by atoms with E-state index < -0.39 is 0 Å². The van der Waals surface area contributed by atoms with Gasteiger partial charge in [0.15, 0.2) is 0 Å². The van der Waals surface area contributed by atoms with E-state index in [0.29, 0.717) is 6.04 Å². The Morgan fingerprint density at radius 3 is 2.41 bits per heavy atom. The van der Waals surface area contributed by atoms with Crippen LogP contribution < -0.4 is 5.32 Å². The highest BCUT2D eigenvalue weighted by atomic mass is 15.1. The maximum atomic E-state index is 3.55. The van der Waals surface area contributed by atoms with Crippen molar-refractivity contribution in [2.45, 2.75) is 46.6 Å². The average molecular weight is 240 g/mol. The first-order chi connectivity index (χ1) is 7.93. The minimum atomic E-state index is 0.711. The van der Waals surface area contributed by atoms with E-state index in [0.717, 1.165) is 23.7 Å². The maximum Gasteiger partial charge on any atom is 0.0110 e. The summed E-state index contributed by atoms with van der Waals surface area (Å²) >= 11 is 0. The van der Waals surface area contributed by atoms with E-state index >= 15 is 0 Å². The summed E-state index contributed by atoms with van der Waals surface area (Å²) in [4.78, 5) is 2.52. The Morgan fingerprint density at radius 2 is 1.88 bits per heavy atom. The fourth-order valence-electron chi connectivity index (χ4n) is 3.61. The molecule has 0 aromatic heterocycles. The van der Waals surface area contributed by atoms with Crippen LogP contribution in [0.2, 0.25) is 0 Å². The molecule has 0 bridgehead atoms. The molecule has 102 valence electrons. The second-order valence-corrected chi connectivity index (χ2v) is 6.73. The smallest absolute Gasteiger partial charge is 0.0110 e. The molecule has 1 aliphatic rings. The first-order valence-corrected chi connectivity index (χ1v) is 7.29. The summed E-state index contributed by atoms with van der Waals surface area (Å²) < 4.78 is 0. The number of hydrogen-bond acceptors (Lipinski definition) is 2. The molecule has 4 unspecified atom stereocenters. The molecule has 2 nitrogen and oxygen atoms in total. The van der Waals surface area contributed by atoms with Crippen molar-refractivity contribution in [3.05, 3.63) is 0 Å². The summed E-state index contributed by atoms with van der Waals surface area (Å²) in [7, 11) is 4.41. The molecular weight excluding hydrogens is 208 g/mol. The van der Waals surface area contributed by atoms with Crippen molar-refractivity contribution in [2.24, 2.45) is 23.7 Å². The molecule has 4 atom stereocenters. The topological polar surface area (TPSA) is 15.3 Å². The fourth-order valence-corrected chi connectivity index (χ4v) is 3.61. The van der Waals surface area contributed by atoms with Crippen LogP contribution in [0, 0.1) is 23.7 Å². The Kier molecular flexibility index (Phi) is 5.94. The summed E-state index contributed by atoms with van der Waals surface area (Å²) in [5.74, 6) is 3.32. The van der Waals surface area contributed by atoms with Gasteiger partial charge in [-0.25, -0.2) is 0 Å². The molecule has 1 aliphatic carbocycles. The second kappa shape index (κ2) is 6.75. The highest BCUT2D eigenvalue weighted by Crippen LogP contribution is 2.34. The largest absolute Gasteiger partial charge is 0.317 e. The van der Waals surface area contributed by atoms with Gasteiger partial charge in [0, 0.05) is 19.1 Å². The molecule has 17 heavy (non-hydrogen) atoms. The third-order valence-corrected chi connectivity index (χ3v) is 4.25. The summed E-state index contributed by atoms with van der Waals surface area (Å²) in [6.45, 7) is 11.9. The van der Waals surface area contributed by atoms with Crippen LogP contribution in [-0.4, -0.2) is 38.1 Å². The lowest BCUT2D eigenvalue weighted by atomic mass is 9.72. The molecule has 0 radical (unpaired) electrons. The molecule has 1 N–H and O–H groups in total. The molecule has 0 aromatic carbocycles. The van der Waals surface area contributed by atoms with E-state index in [-0.39, 0.29) is 0 Å². The van der Waals surface area contributed by atoms with Gasteiger partial charge < -0.3 is 10.2 Å². The highest BCUT2D eigenvalue weighted by molar-refractivity contribution is 4.88. The zero-order chi connectivity index (χ0) is 13.0. The first-order valence-electron chi connectivity index (χ1n) is 7.29. The SMILES string of the molecule is CNC1CC(C)CC(C)C1CN(C)CC(C)C. The van der Waals surface area contributed by atoms with Gasteiger partial charge in [0.1, 0.15) is 0 Å². The van der Waals surface area contributed by atoms with Crippen molar-refractivity contribution in [1.29, 1.82) is 0 Å². The van der Waals surface area contributed by atoms with Gasteiger partial charge in [0.05, 0.1) is 0 Å². The molecule has 0 heterocycles. The van der Waals surface area contributed by atoms with E-state index in [1.165, 1.54) is 25.9 Å². The molecule has 2 heteroatoms. The van der Waals surface area contributed by atoms with Crippen molar-refractivity contribution in [2.75, 3.05) is 27.2 Å². The second-order valence-electron chi connectivity index (χ2n) is 6.73. The number of nitrogens with zero attached hydrogens (tertiary/aromatic N) is 1. The molecule has 0 aromatic rings. The summed E-state index contributed by atoms with van der Waals surface area (Å²) in [6, 6.07) is 0.711. The lowest BCUT2D eigenvalue weighted by Crippen LogP contribution is -2.47. The lowest BCUT2D eigenvalue weighted by molar-refractivity contribution is 0.111. The maximum absolute atomic E-state index is 3.55. The Labute approximate surface area is 108 Å². The molecule has 0 saturated heterocycles. The predicted octanol–water partition coefficient (Wildman–Crippen LogP) is 2.84. The molecular formula is C15H32N2. The average Bonchev–Trinajstić information content (AvgIpc) is 2.20. The Hall–Kier alpha value is -0.0800. The van der Waals surface area contributed by atoms with Crippen LogP contribution in [0.5, 0.6) is 0 Å². The van der Waals surface area contributed by atoms with Gasteiger partial charge in [0.2, 0.25) is 0 Å². The summed E-state index contributed by atoms with van der Waals surface area (Å²) in [5.41, 5.74) is 0. The molecule has 0 spiro atoms. The molecule has 0 amide bonds. The van der Waals surface area contributed by atoms with Crippen LogP contribution in [0.4, 0.5) is 0 Å². The Bertz CT molecular complexity index is 215. The quantitative estimate of drug-likeness (QED) is 0.795. The molecule has 0 aliphatic heterocycles. The fraction of sp³-hybridized carbons (Fsp3) is 1.00. The van der Waals surface area contributed by atoms with Crippen molar-refractivity contribution < 1.29 is 0 Å². The van der Waals surface area contributed by atoms with Crippen molar-refractivity contribution in [3.8, 4) is 0 Å². The van der Waals surface area contributed by atoms with E-state index in [9.17, 15) is 0 Å². The third-order valence-electron chi connectivity index (χ3n) is 4.25. The standard InChI is InChI=1S/C15H32N2/c1-11(2)9-17(6)10-14-13(4)7-12(3)8-15(14)16-5/h11-16H,7-10H2,1-6H3. The third kappa shape index (κ3) is 4.59. The summed E-state index contributed by atoms with van der Waals surface area (Å²) in [6.07, 6.45) is 2.75. The molecule has 1 fully saturated rings. The van der Waals surface area contributed by atoms with Crippen LogP contribution >= 0.6 is 0 Å². The van der Waals surface area contributed by atoms with Gasteiger partial charge in [-0.3, -0.25) is 0 Å². The first kappa shape index (κ1) is 15.0.